The zero-order chi connectivity index (χ0) is 21.0. The Balaban J connectivity index is 0.00000176. The maximum atomic E-state index is 12.1. The molecule has 2 N–H and O–H groups in total. The summed E-state index contributed by atoms with van der Waals surface area (Å²) in [7, 11) is -0.497. The van der Waals surface area contributed by atoms with E-state index in [1.807, 2.05) is 65.8 Å². The second-order valence-corrected chi connectivity index (χ2v) is 7.99. The lowest BCUT2D eigenvalue weighted by Crippen LogP contribution is -2.50. The SMILES string of the molecule is CC.CC(C)(NC(=O)Cc1cccc(B2OC(C)(C)C(C)(C)O2)c1)C(=O)O. The van der Waals surface area contributed by atoms with E-state index in [1.54, 1.807) is 0 Å². The molecule has 0 aromatic heterocycles. The Hall–Kier alpha value is -1.86. The van der Waals surface area contributed by atoms with E-state index < -0.39 is 29.8 Å². The van der Waals surface area contributed by atoms with Gasteiger partial charge in [-0.05, 0) is 52.6 Å². The van der Waals surface area contributed by atoms with Gasteiger partial charge in [0.15, 0.2) is 0 Å². The Bertz CT molecular complexity index is 669. The standard InChI is InChI=1S/C18H26BNO5.C2H6/c1-16(2,15(22)23)20-14(21)11-12-8-7-9-13(10-12)19-24-17(3,4)18(5,6)25-19;1-2/h7-10H,11H2,1-6H3,(H,20,21)(H,22,23);1-2H3. The molecule has 1 heterocycles. The fourth-order valence-electron chi connectivity index (χ4n) is 2.46. The smallest absolute Gasteiger partial charge is 0.480 e. The number of hydrogen-bond acceptors (Lipinski definition) is 4. The second-order valence-electron chi connectivity index (χ2n) is 7.99. The summed E-state index contributed by atoms with van der Waals surface area (Å²) in [5, 5.41) is 11.6. The molecule has 1 saturated heterocycles. The number of amides is 1. The maximum Gasteiger partial charge on any atom is 0.494 e. The summed E-state index contributed by atoms with van der Waals surface area (Å²) in [4.78, 5) is 23.2. The van der Waals surface area contributed by atoms with Gasteiger partial charge in [0.05, 0.1) is 17.6 Å². The topological polar surface area (TPSA) is 84.9 Å². The van der Waals surface area contributed by atoms with Crippen LogP contribution in [-0.2, 0) is 25.3 Å². The average Bonchev–Trinajstić information content (AvgIpc) is 2.77. The summed E-state index contributed by atoms with van der Waals surface area (Å²) in [5.74, 6) is -1.43. The van der Waals surface area contributed by atoms with Crippen LogP contribution in [0.25, 0.3) is 0 Å². The summed E-state index contributed by atoms with van der Waals surface area (Å²) < 4.78 is 12.0. The molecule has 0 saturated carbocycles. The summed E-state index contributed by atoms with van der Waals surface area (Å²) in [5.41, 5.74) is -0.569. The number of nitrogens with one attached hydrogen (secondary N) is 1. The highest BCUT2D eigenvalue weighted by Crippen LogP contribution is 2.36. The molecule has 6 nitrogen and oxygen atoms in total. The second kappa shape index (κ2) is 8.44. The quantitative estimate of drug-likeness (QED) is 0.771. The number of carbonyl (C=O) groups excluding carboxylic acids is 1. The van der Waals surface area contributed by atoms with E-state index in [0.29, 0.717) is 0 Å². The van der Waals surface area contributed by atoms with Crippen LogP contribution >= 0.6 is 0 Å². The van der Waals surface area contributed by atoms with E-state index in [9.17, 15) is 9.59 Å². The summed E-state index contributed by atoms with van der Waals surface area (Å²) in [6, 6.07) is 7.41. The molecule has 1 aliphatic rings. The number of hydrogen-bond donors (Lipinski definition) is 2. The molecule has 0 radical (unpaired) electrons. The molecule has 2 rings (SSSR count). The fourth-order valence-corrected chi connectivity index (χ4v) is 2.46. The van der Waals surface area contributed by atoms with Crippen molar-refractivity contribution in [2.75, 3.05) is 0 Å². The Morgan fingerprint density at radius 3 is 2.11 bits per heavy atom. The van der Waals surface area contributed by atoms with Crippen LogP contribution in [-0.4, -0.2) is 40.8 Å². The molecule has 1 amide bonds. The minimum atomic E-state index is -1.31. The molecular weight excluding hydrogens is 345 g/mol. The lowest BCUT2D eigenvalue weighted by molar-refractivity contribution is -0.145. The highest BCUT2D eigenvalue weighted by atomic mass is 16.7. The predicted octanol–water partition coefficient (Wildman–Crippen LogP) is 2.53. The third-order valence-electron chi connectivity index (χ3n) is 4.83. The zero-order valence-electron chi connectivity index (χ0n) is 17.7. The highest BCUT2D eigenvalue weighted by Gasteiger charge is 2.51. The third kappa shape index (κ3) is 5.56. The van der Waals surface area contributed by atoms with Gasteiger partial charge in [0.2, 0.25) is 5.91 Å². The highest BCUT2D eigenvalue weighted by molar-refractivity contribution is 6.62. The average molecular weight is 377 g/mol. The molecule has 1 aromatic carbocycles. The first-order chi connectivity index (χ1) is 12.3. The Kier molecular flexibility index (Phi) is 7.25. The number of rotatable bonds is 5. The fraction of sp³-hybridized carbons (Fsp3) is 0.600. The summed E-state index contributed by atoms with van der Waals surface area (Å²) in [6.07, 6.45) is 0.0874. The Morgan fingerprint density at radius 1 is 1.11 bits per heavy atom. The van der Waals surface area contributed by atoms with Crippen LogP contribution in [0.2, 0.25) is 0 Å². The van der Waals surface area contributed by atoms with Crippen molar-refractivity contribution in [1.82, 2.24) is 5.32 Å². The molecule has 150 valence electrons. The molecule has 1 fully saturated rings. The number of aliphatic carboxylic acids is 1. The van der Waals surface area contributed by atoms with E-state index in [1.165, 1.54) is 13.8 Å². The van der Waals surface area contributed by atoms with Crippen molar-refractivity contribution >= 4 is 24.5 Å². The lowest BCUT2D eigenvalue weighted by Gasteiger charge is -2.32. The molecule has 0 bridgehead atoms. The van der Waals surface area contributed by atoms with Crippen LogP contribution in [0, 0.1) is 0 Å². The van der Waals surface area contributed by atoms with Gasteiger partial charge in [0, 0.05) is 0 Å². The number of carboxylic acids is 1. The number of carboxylic acid groups (broad SMARTS) is 1. The zero-order valence-corrected chi connectivity index (χ0v) is 17.7. The van der Waals surface area contributed by atoms with Crippen molar-refractivity contribution in [3.8, 4) is 0 Å². The molecule has 0 spiro atoms. The van der Waals surface area contributed by atoms with E-state index in [2.05, 4.69) is 5.32 Å². The first kappa shape index (κ1) is 23.2. The number of carbonyl (C=O) groups is 2. The van der Waals surface area contributed by atoms with Crippen molar-refractivity contribution in [2.24, 2.45) is 0 Å². The van der Waals surface area contributed by atoms with Crippen molar-refractivity contribution in [2.45, 2.75) is 78.6 Å². The van der Waals surface area contributed by atoms with Crippen LogP contribution in [0.1, 0.15) is 61.0 Å². The molecule has 27 heavy (non-hydrogen) atoms. The molecule has 1 aliphatic heterocycles. The van der Waals surface area contributed by atoms with Crippen LogP contribution in [0.15, 0.2) is 24.3 Å². The van der Waals surface area contributed by atoms with Gasteiger partial charge in [-0.3, -0.25) is 4.79 Å². The van der Waals surface area contributed by atoms with Crippen LogP contribution in [0.5, 0.6) is 0 Å². The van der Waals surface area contributed by atoms with Gasteiger partial charge < -0.3 is 19.7 Å². The maximum absolute atomic E-state index is 12.1. The molecule has 0 unspecified atom stereocenters. The first-order valence-electron chi connectivity index (χ1n) is 9.33. The van der Waals surface area contributed by atoms with Crippen LogP contribution < -0.4 is 10.8 Å². The van der Waals surface area contributed by atoms with Crippen molar-refractivity contribution < 1.29 is 24.0 Å². The molecule has 1 aromatic rings. The molecule has 0 aliphatic carbocycles. The lowest BCUT2D eigenvalue weighted by atomic mass is 9.78. The van der Waals surface area contributed by atoms with E-state index in [0.717, 1.165) is 11.0 Å². The summed E-state index contributed by atoms with van der Waals surface area (Å²) in [6.45, 7) is 14.8. The van der Waals surface area contributed by atoms with Gasteiger partial charge in [-0.15, -0.1) is 0 Å². The summed E-state index contributed by atoms with van der Waals surface area (Å²) >= 11 is 0. The van der Waals surface area contributed by atoms with Crippen LogP contribution in [0.4, 0.5) is 0 Å². The van der Waals surface area contributed by atoms with Gasteiger partial charge in [-0.1, -0.05) is 38.1 Å². The van der Waals surface area contributed by atoms with Gasteiger partial charge in [0.25, 0.3) is 0 Å². The minimum Gasteiger partial charge on any atom is -0.480 e. The van der Waals surface area contributed by atoms with Gasteiger partial charge in [-0.2, -0.15) is 0 Å². The Morgan fingerprint density at radius 2 is 1.63 bits per heavy atom. The van der Waals surface area contributed by atoms with E-state index in [4.69, 9.17) is 14.4 Å². The first-order valence-corrected chi connectivity index (χ1v) is 9.33. The number of benzene rings is 1. The third-order valence-corrected chi connectivity index (χ3v) is 4.83. The van der Waals surface area contributed by atoms with Gasteiger partial charge in [-0.25, -0.2) is 4.79 Å². The largest absolute Gasteiger partial charge is 0.494 e. The van der Waals surface area contributed by atoms with E-state index in [-0.39, 0.29) is 12.3 Å². The molecule has 0 atom stereocenters. The monoisotopic (exact) mass is 377 g/mol. The Labute approximate surface area is 162 Å². The van der Waals surface area contributed by atoms with Gasteiger partial charge in [0.1, 0.15) is 5.54 Å². The molecule has 7 heteroatoms. The predicted molar refractivity (Wildman–Crippen MR) is 107 cm³/mol. The van der Waals surface area contributed by atoms with Crippen molar-refractivity contribution in [3.63, 3.8) is 0 Å². The van der Waals surface area contributed by atoms with Gasteiger partial charge >= 0.3 is 13.1 Å². The van der Waals surface area contributed by atoms with Crippen LogP contribution in [0.3, 0.4) is 0 Å². The van der Waals surface area contributed by atoms with Crippen molar-refractivity contribution in [3.05, 3.63) is 29.8 Å². The van der Waals surface area contributed by atoms with Crippen molar-refractivity contribution in [1.29, 1.82) is 0 Å². The normalized spacial score (nSPS) is 17.7. The minimum absolute atomic E-state index is 0.0874. The van der Waals surface area contributed by atoms with E-state index >= 15 is 0 Å². The molecular formula is C20H32BNO5.